The highest BCUT2D eigenvalue weighted by Gasteiger charge is 2.14. The molecular formula is C13H14N2O2. The molecule has 0 fully saturated rings. The number of amides is 1. The first-order chi connectivity index (χ1) is 8.22. The lowest BCUT2D eigenvalue weighted by Gasteiger charge is -2.08. The standard InChI is InChI=1S/C13H14N2O2/c1-3-10-6-4-5-7-11(10)14-13(16)12-9(2)8-17-15-12/h4-8H,3H2,1-2H3,(H,14,16). The Labute approximate surface area is 99.6 Å². The molecule has 0 saturated heterocycles. The van der Waals surface area contributed by atoms with Crippen LogP contribution >= 0.6 is 0 Å². The Morgan fingerprint density at radius 3 is 2.82 bits per heavy atom. The highest BCUT2D eigenvalue weighted by Crippen LogP contribution is 2.17. The van der Waals surface area contributed by atoms with Crippen LogP contribution in [-0.2, 0) is 6.42 Å². The fourth-order valence-electron chi connectivity index (χ4n) is 1.64. The summed E-state index contributed by atoms with van der Waals surface area (Å²) in [5.74, 6) is -0.239. The summed E-state index contributed by atoms with van der Waals surface area (Å²) in [5, 5.41) is 6.52. The number of nitrogens with one attached hydrogen (secondary N) is 1. The zero-order chi connectivity index (χ0) is 12.3. The van der Waals surface area contributed by atoms with E-state index in [0.29, 0.717) is 5.69 Å². The van der Waals surface area contributed by atoms with Gasteiger partial charge in [-0.3, -0.25) is 4.79 Å². The molecule has 0 spiro atoms. The first-order valence-corrected chi connectivity index (χ1v) is 5.52. The van der Waals surface area contributed by atoms with E-state index in [0.717, 1.165) is 23.2 Å². The van der Waals surface area contributed by atoms with E-state index in [-0.39, 0.29) is 5.91 Å². The topological polar surface area (TPSA) is 55.1 Å². The van der Waals surface area contributed by atoms with Gasteiger partial charge in [-0.05, 0) is 25.0 Å². The van der Waals surface area contributed by atoms with Crippen LogP contribution in [0.1, 0.15) is 28.5 Å². The minimum Gasteiger partial charge on any atom is -0.364 e. The van der Waals surface area contributed by atoms with Gasteiger partial charge in [-0.15, -0.1) is 0 Å². The number of rotatable bonds is 3. The van der Waals surface area contributed by atoms with Crippen molar-refractivity contribution >= 4 is 11.6 Å². The largest absolute Gasteiger partial charge is 0.364 e. The van der Waals surface area contributed by atoms with Crippen LogP contribution in [0.15, 0.2) is 35.1 Å². The number of benzene rings is 1. The second-order valence-electron chi connectivity index (χ2n) is 3.81. The summed E-state index contributed by atoms with van der Waals surface area (Å²) in [4.78, 5) is 11.9. The number of anilines is 1. The fraction of sp³-hybridized carbons (Fsp3) is 0.231. The zero-order valence-corrected chi connectivity index (χ0v) is 9.86. The average molecular weight is 230 g/mol. The fourth-order valence-corrected chi connectivity index (χ4v) is 1.64. The van der Waals surface area contributed by atoms with Crippen molar-refractivity contribution in [2.45, 2.75) is 20.3 Å². The van der Waals surface area contributed by atoms with Gasteiger partial charge < -0.3 is 9.84 Å². The molecule has 0 aliphatic heterocycles. The van der Waals surface area contributed by atoms with Crippen molar-refractivity contribution in [1.29, 1.82) is 0 Å². The maximum atomic E-state index is 11.9. The van der Waals surface area contributed by atoms with E-state index in [4.69, 9.17) is 4.52 Å². The molecule has 0 saturated carbocycles. The van der Waals surface area contributed by atoms with Crippen molar-refractivity contribution in [2.75, 3.05) is 5.32 Å². The third-order valence-corrected chi connectivity index (χ3v) is 2.61. The van der Waals surface area contributed by atoms with Gasteiger partial charge in [-0.25, -0.2) is 0 Å². The lowest BCUT2D eigenvalue weighted by molar-refractivity contribution is 0.101. The molecule has 1 aromatic heterocycles. The van der Waals surface area contributed by atoms with Crippen LogP contribution in [0.2, 0.25) is 0 Å². The van der Waals surface area contributed by atoms with Crippen molar-refractivity contribution in [3.05, 3.63) is 47.3 Å². The number of aryl methyl sites for hydroxylation is 2. The molecular weight excluding hydrogens is 216 g/mol. The number of nitrogens with zero attached hydrogens (tertiary/aromatic N) is 1. The van der Waals surface area contributed by atoms with Crippen molar-refractivity contribution in [2.24, 2.45) is 0 Å². The lowest BCUT2D eigenvalue weighted by atomic mass is 10.1. The molecule has 1 heterocycles. The van der Waals surface area contributed by atoms with Crippen molar-refractivity contribution in [3.63, 3.8) is 0 Å². The Morgan fingerprint density at radius 1 is 1.41 bits per heavy atom. The molecule has 2 rings (SSSR count). The minimum atomic E-state index is -0.239. The minimum absolute atomic E-state index is 0.239. The van der Waals surface area contributed by atoms with Crippen molar-refractivity contribution in [3.8, 4) is 0 Å². The maximum absolute atomic E-state index is 11.9. The van der Waals surface area contributed by atoms with Crippen molar-refractivity contribution in [1.82, 2.24) is 5.16 Å². The van der Waals surface area contributed by atoms with Gasteiger partial charge in [-0.1, -0.05) is 30.3 Å². The van der Waals surface area contributed by atoms with E-state index >= 15 is 0 Å². The van der Waals surface area contributed by atoms with E-state index in [1.54, 1.807) is 6.92 Å². The first kappa shape index (κ1) is 11.4. The molecule has 4 nitrogen and oxygen atoms in total. The highest BCUT2D eigenvalue weighted by atomic mass is 16.5. The summed E-state index contributed by atoms with van der Waals surface area (Å²) in [6.07, 6.45) is 2.33. The number of carbonyl (C=O) groups excluding carboxylic acids is 1. The van der Waals surface area contributed by atoms with Crippen LogP contribution in [0.5, 0.6) is 0 Å². The Morgan fingerprint density at radius 2 is 2.18 bits per heavy atom. The monoisotopic (exact) mass is 230 g/mol. The molecule has 0 radical (unpaired) electrons. The highest BCUT2D eigenvalue weighted by molar-refractivity contribution is 6.04. The predicted molar refractivity (Wildman–Crippen MR) is 65.0 cm³/mol. The second kappa shape index (κ2) is 4.82. The Hall–Kier alpha value is -2.10. The van der Waals surface area contributed by atoms with Gasteiger partial charge in [0.25, 0.3) is 5.91 Å². The van der Waals surface area contributed by atoms with Crippen LogP contribution < -0.4 is 5.32 Å². The van der Waals surface area contributed by atoms with Gasteiger partial charge >= 0.3 is 0 Å². The van der Waals surface area contributed by atoms with E-state index < -0.39 is 0 Å². The van der Waals surface area contributed by atoms with Crippen LogP contribution in [0, 0.1) is 6.92 Å². The molecule has 0 aliphatic rings. The summed E-state index contributed by atoms with van der Waals surface area (Å²) < 4.78 is 4.75. The zero-order valence-electron chi connectivity index (χ0n) is 9.86. The summed E-state index contributed by atoms with van der Waals surface area (Å²) in [6.45, 7) is 3.84. The molecule has 2 aromatic rings. The van der Waals surface area contributed by atoms with Crippen LogP contribution in [0.25, 0.3) is 0 Å². The molecule has 1 amide bonds. The van der Waals surface area contributed by atoms with Gasteiger partial charge in [0.1, 0.15) is 6.26 Å². The smallest absolute Gasteiger partial charge is 0.278 e. The summed E-state index contributed by atoms with van der Waals surface area (Å²) >= 11 is 0. The van der Waals surface area contributed by atoms with E-state index in [9.17, 15) is 4.79 Å². The quantitative estimate of drug-likeness (QED) is 0.882. The van der Waals surface area contributed by atoms with E-state index in [1.165, 1.54) is 6.26 Å². The molecule has 0 bridgehead atoms. The summed E-state index contributed by atoms with van der Waals surface area (Å²) in [7, 11) is 0. The Kier molecular flexibility index (Phi) is 3.23. The van der Waals surface area contributed by atoms with E-state index in [2.05, 4.69) is 10.5 Å². The molecule has 88 valence electrons. The molecule has 4 heteroatoms. The Bertz CT molecular complexity index is 532. The summed E-state index contributed by atoms with van der Waals surface area (Å²) in [5.41, 5.74) is 2.98. The number of aromatic nitrogens is 1. The molecule has 1 aromatic carbocycles. The van der Waals surface area contributed by atoms with Crippen LogP contribution in [-0.4, -0.2) is 11.1 Å². The average Bonchev–Trinajstić information content (AvgIpc) is 2.76. The van der Waals surface area contributed by atoms with Gasteiger partial charge in [0, 0.05) is 11.3 Å². The van der Waals surface area contributed by atoms with E-state index in [1.807, 2.05) is 31.2 Å². The molecule has 0 atom stereocenters. The number of hydrogen-bond acceptors (Lipinski definition) is 3. The SMILES string of the molecule is CCc1ccccc1NC(=O)c1nocc1C. The second-order valence-corrected chi connectivity index (χ2v) is 3.81. The number of para-hydroxylation sites is 1. The van der Waals surface area contributed by atoms with Crippen LogP contribution in [0.3, 0.4) is 0 Å². The van der Waals surface area contributed by atoms with Gasteiger partial charge in [0.15, 0.2) is 5.69 Å². The van der Waals surface area contributed by atoms with Crippen LogP contribution in [0.4, 0.5) is 5.69 Å². The summed E-state index contributed by atoms with van der Waals surface area (Å²) in [6, 6.07) is 7.72. The Balaban J connectivity index is 2.22. The molecule has 17 heavy (non-hydrogen) atoms. The first-order valence-electron chi connectivity index (χ1n) is 5.52. The van der Waals surface area contributed by atoms with Gasteiger partial charge in [0.05, 0.1) is 0 Å². The van der Waals surface area contributed by atoms with Crippen molar-refractivity contribution < 1.29 is 9.32 Å². The third kappa shape index (κ3) is 2.36. The third-order valence-electron chi connectivity index (χ3n) is 2.61. The normalized spacial score (nSPS) is 10.2. The molecule has 0 unspecified atom stereocenters. The molecule has 0 aliphatic carbocycles. The maximum Gasteiger partial charge on any atom is 0.278 e. The lowest BCUT2D eigenvalue weighted by Crippen LogP contribution is -2.14. The predicted octanol–water partition coefficient (Wildman–Crippen LogP) is 2.80. The van der Waals surface area contributed by atoms with Gasteiger partial charge in [-0.2, -0.15) is 0 Å². The number of carbonyl (C=O) groups is 1. The number of hydrogen-bond donors (Lipinski definition) is 1. The van der Waals surface area contributed by atoms with Gasteiger partial charge in [0.2, 0.25) is 0 Å². The molecule has 1 N–H and O–H groups in total.